The van der Waals surface area contributed by atoms with E-state index in [4.69, 9.17) is 9.78 Å². The normalized spacial score (nSPS) is 16.8. The Morgan fingerprint density at radius 1 is 1.09 bits per heavy atom. The van der Waals surface area contributed by atoms with E-state index in [2.05, 4.69) is 10.1 Å². The molecule has 1 fully saturated rings. The fraction of sp³-hybridized carbons (Fsp3) is 0.318. The molecule has 0 spiro atoms. The van der Waals surface area contributed by atoms with Gasteiger partial charge in [-0.25, -0.2) is 8.42 Å². The maximum absolute atomic E-state index is 13.0. The molecule has 2 heterocycles. The van der Waals surface area contributed by atoms with Gasteiger partial charge in [0.15, 0.2) is 0 Å². The zero-order valence-electron chi connectivity index (χ0n) is 18.0. The molecule has 1 atom stereocenters. The largest absolute Gasteiger partial charge is 0.416 e. The lowest BCUT2D eigenvalue weighted by atomic mass is 10.1. The van der Waals surface area contributed by atoms with Crippen LogP contribution >= 0.6 is 0 Å². The predicted molar refractivity (Wildman–Crippen MR) is 115 cm³/mol. The number of rotatable bonds is 5. The van der Waals surface area contributed by atoms with Crippen LogP contribution in [0.5, 0.6) is 0 Å². The summed E-state index contributed by atoms with van der Waals surface area (Å²) in [6, 6.07) is 12.0. The highest BCUT2D eigenvalue weighted by atomic mass is 32.2. The molecular weight excluding hydrogens is 471 g/mol. The summed E-state index contributed by atoms with van der Waals surface area (Å²) in [4.78, 5) is 6.35. The Morgan fingerprint density at radius 3 is 2.38 bits per heavy atom. The molecule has 8 nitrogen and oxygen atoms in total. The Balaban J connectivity index is 1.43. The number of hydrogen-bond acceptors (Lipinski definition) is 7. The number of nitriles is 1. The van der Waals surface area contributed by atoms with Crippen molar-refractivity contribution < 1.29 is 26.1 Å². The van der Waals surface area contributed by atoms with E-state index in [-0.39, 0.29) is 41.3 Å². The Kier molecular flexibility index (Phi) is 6.44. The summed E-state index contributed by atoms with van der Waals surface area (Å²) in [5.74, 6) is 0.283. The molecule has 1 aliphatic heterocycles. The second-order valence-electron chi connectivity index (χ2n) is 7.79. The van der Waals surface area contributed by atoms with Gasteiger partial charge in [-0.1, -0.05) is 17.3 Å². The smallest absolute Gasteiger partial charge is 0.337 e. The fourth-order valence-electron chi connectivity index (χ4n) is 3.69. The van der Waals surface area contributed by atoms with Crippen LogP contribution in [0.4, 0.5) is 13.2 Å². The van der Waals surface area contributed by atoms with Crippen LogP contribution in [0.2, 0.25) is 0 Å². The Morgan fingerprint density at radius 2 is 1.76 bits per heavy atom. The zero-order chi connectivity index (χ0) is 24.5. The minimum atomic E-state index is -4.48. The van der Waals surface area contributed by atoms with E-state index in [0.717, 1.165) is 12.1 Å². The summed E-state index contributed by atoms with van der Waals surface area (Å²) in [6.07, 6.45) is -4.48. The summed E-state index contributed by atoms with van der Waals surface area (Å²) in [6.45, 7) is 3.09. The molecule has 2 aromatic carbocycles. The van der Waals surface area contributed by atoms with Gasteiger partial charge in [0, 0.05) is 31.7 Å². The number of piperazine rings is 1. The minimum absolute atomic E-state index is 0.0509. The molecular formula is C22H20F3N5O3S. The lowest BCUT2D eigenvalue weighted by Gasteiger charge is -2.36. The highest BCUT2D eigenvalue weighted by Gasteiger charge is 2.33. The fourth-order valence-corrected chi connectivity index (χ4v) is 5.12. The van der Waals surface area contributed by atoms with Crippen molar-refractivity contribution in [3.05, 3.63) is 65.5 Å². The van der Waals surface area contributed by atoms with Gasteiger partial charge >= 0.3 is 6.18 Å². The van der Waals surface area contributed by atoms with Gasteiger partial charge in [0.25, 0.3) is 0 Å². The number of benzene rings is 2. The van der Waals surface area contributed by atoms with Gasteiger partial charge in [-0.2, -0.15) is 27.7 Å². The molecule has 0 bridgehead atoms. The average molecular weight is 491 g/mol. The zero-order valence-corrected chi connectivity index (χ0v) is 18.8. The van der Waals surface area contributed by atoms with E-state index in [0.29, 0.717) is 18.7 Å². The number of sulfonamides is 1. The van der Waals surface area contributed by atoms with E-state index < -0.39 is 21.8 Å². The topological polar surface area (TPSA) is 103 Å². The van der Waals surface area contributed by atoms with E-state index >= 15 is 0 Å². The summed E-state index contributed by atoms with van der Waals surface area (Å²) in [5.41, 5.74) is -0.235. The molecule has 4 rings (SSSR count). The number of hydrogen-bond donors (Lipinski definition) is 0. The molecule has 1 aromatic heterocycles. The van der Waals surface area contributed by atoms with Crippen LogP contribution in [-0.2, 0) is 16.2 Å². The first-order valence-corrected chi connectivity index (χ1v) is 11.8. The third-order valence-electron chi connectivity index (χ3n) is 5.69. The van der Waals surface area contributed by atoms with Crippen molar-refractivity contribution in [3.8, 4) is 17.5 Å². The van der Waals surface area contributed by atoms with Crippen LogP contribution in [0.15, 0.2) is 57.9 Å². The minimum Gasteiger partial charge on any atom is -0.337 e. The predicted octanol–water partition coefficient (Wildman–Crippen LogP) is 3.69. The first kappa shape index (κ1) is 23.9. The van der Waals surface area contributed by atoms with Gasteiger partial charge < -0.3 is 4.52 Å². The standard InChI is InChI=1S/C22H20F3N5O3S/c1-15(21-27-20(28-33-21)17-3-2-4-18(13-17)22(23,24)25)29-9-11-30(12-10-29)34(31,32)19-7-5-16(14-26)6-8-19/h2-8,13,15H,9-12H2,1H3. The van der Waals surface area contributed by atoms with Gasteiger partial charge in [0.1, 0.15) is 0 Å². The molecule has 178 valence electrons. The van der Waals surface area contributed by atoms with Gasteiger partial charge in [0.05, 0.1) is 28.1 Å². The number of alkyl halides is 3. The molecule has 1 saturated heterocycles. The number of nitrogens with zero attached hydrogens (tertiary/aromatic N) is 5. The number of halogens is 3. The summed E-state index contributed by atoms with van der Waals surface area (Å²) in [7, 11) is -3.69. The molecule has 1 unspecified atom stereocenters. The van der Waals surface area contributed by atoms with Crippen molar-refractivity contribution in [2.75, 3.05) is 26.2 Å². The summed E-state index contributed by atoms with van der Waals surface area (Å²) < 4.78 is 71.4. The molecule has 0 N–H and O–H groups in total. The summed E-state index contributed by atoms with van der Waals surface area (Å²) >= 11 is 0. The maximum atomic E-state index is 13.0. The molecule has 1 aliphatic rings. The van der Waals surface area contributed by atoms with Gasteiger partial charge in [-0.15, -0.1) is 0 Å². The van der Waals surface area contributed by atoms with Crippen LogP contribution in [0.25, 0.3) is 11.4 Å². The molecule has 12 heteroatoms. The Bertz CT molecular complexity index is 1310. The molecule has 0 saturated carbocycles. The lowest BCUT2D eigenvalue weighted by Crippen LogP contribution is -2.49. The van der Waals surface area contributed by atoms with Gasteiger partial charge in [0.2, 0.25) is 21.7 Å². The number of aromatic nitrogens is 2. The SMILES string of the molecule is CC(c1nc(-c2cccc(C(F)(F)F)c2)no1)N1CCN(S(=O)(=O)c2ccc(C#N)cc2)CC1. The van der Waals surface area contributed by atoms with Crippen LogP contribution in [0.3, 0.4) is 0 Å². The summed E-state index contributed by atoms with van der Waals surface area (Å²) in [5, 5.41) is 12.7. The second-order valence-corrected chi connectivity index (χ2v) is 9.72. The van der Waals surface area contributed by atoms with Crippen LogP contribution < -0.4 is 0 Å². The third kappa shape index (κ3) is 4.82. The van der Waals surface area contributed by atoms with Gasteiger partial charge in [-0.05, 0) is 43.3 Å². The van der Waals surface area contributed by atoms with Crippen LogP contribution in [-0.4, -0.2) is 53.9 Å². The molecule has 0 aliphatic carbocycles. The van der Waals surface area contributed by atoms with Crippen LogP contribution in [0, 0.1) is 11.3 Å². The van der Waals surface area contributed by atoms with E-state index in [1.54, 1.807) is 0 Å². The second kappa shape index (κ2) is 9.17. The highest BCUT2D eigenvalue weighted by molar-refractivity contribution is 7.89. The van der Waals surface area contributed by atoms with Crippen molar-refractivity contribution in [1.29, 1.82) is 5.26 Å². The first-order chi connectivity index (χ1) is 16.1. The molecule has 34 heavy (non-hydrogen) atoms. The van der Waals surface area contributed by atoms with E-state index in [1.807, 2.05) is 17.9 Å². The molecule has 0 radical (unpaired) electrons. The van der Waals surface area contributed by atoms with Crippen LogP contribution in [0.1, 0.15) is 30.0 Å². The lowest BCUT2D eigenvalue weighted by molar-refractivity contribution is -0.137. The van der Waals surface area contributed by atoms with Crippen molar-refractivity contribution in [2.24, 2.45) is 0 Å². The van der Waals surface area contributed by atoms with Crippen molar-refractivity contribution in [2.45, 2.75) is 24.0 Å². The van der Waals surface area contributed by atoms with Crippen molar-refractivity contribution in [3.63, 3.8) is 0 Å². The molecule has 0 amide bonds. The Hall–Kier alpha value is -3.27. The van der Waals surface area contributed by atoms with E-state index in [9.17, 15) is 21.6 Å². The average Bonchev–Trinajstić information content (AvgIpc) is 3.34. The van der Waals surface area contributed by atoms with E-state index in [1.165, 1.54) is 40.7 Å². The van der Waals surface area contributed by atoms with Crippen molar-refractivity contribution in [1.82, 2.24) is 19.3 Å². The van der Waals surface area contributed by atoms with Crippen molar-refractivity contribution >= 4 is 10.0 Å². The monoisotopic (exact) mass is 491 g/mol. The third-order valence-corrected chi connectivity index (χ3v) is 7.60. The van der Waals surface area contributed by atoms with Gasteiger partial charge in [-0.3, -0.25) is 4.90 Å². The maximum Gasteiger partial charge on any atom is 0.416 e. The first-order valence-electron chi connectivity index (χ1n) is 10.3. The molecule has 3 aromatic rings. The highest BCUT2D eigenvalue weighted by Crippen LogP contribution is 2.32. The Labute approximate surface area is 194 Å². The quantitative estimate of drug-likeness (QED) is 0.536.